The average Bonchev–Trinajstić information content (AvgIpc) is 2.23. The van der Waals surface area contributed by atoms with Crippen LogP contribution < -0.4 is 0 Å². The van der Waals surface area contributed by atoms with Gasteiger partial charge in [0.25, 0.3) is 17.9 Å². The molecule has 0 aliphatic carbocycles. The normalized spacial score (nSPS) is 13.8. The van der Waals surface area contributed by atoms with Crippen LogP contribution >= 0.6 is 12.6 Å². The van der Waals surface area contributed by atoms with E-state index in [9.17, 15) is 19.2 Å². The maximum Gasteiger partial charge on any atom is 0.709 e. The van der Waals surface area contributed by atoms with Crippen molar-refractivity contribution in [1.29, 1.82) is 0 Å². The lowest BCUT2D eigenvalue weighted by atomic mass is 10.3. The maximum absolute atomic E-state index is 11.2. The Morgan fingerprint density at radius 1 is 0.950 bits per heavy atom. The molecule has 0 fully saturated rings. The second kappa shape index (κ2) is 7.29. The highest BCUT2D eigenvalue weighted by atomic mass is 32.1. The molecule has 0 rings (SSSR count). The molecular weight excluding hydrogens is 308 g/mol. The highest BCUT2D eigenvalue weighted by molar-refractivity contribution is 7.82. The number of hydrogen-bond acceptors (Lipinski definition) is 8. The van der Waals surface area contributed by atoms with Gasteiger partial charge in [0.05, 0.1) is 5.54 Å². The molecule has 10 heteroatoms. The van der Waals surface area contributed by atoms with Gasteiger partial charge in [-0.2, -0.15) is 12.6 Å². The summed E-state index contributed by atoms with van der Waals surface area (Å²) in [6.45, 7) is 4.38. The van der Waals surface area contributed by atoms with Crippen LogP contribution in [-0.4, -0.2) is 43.0 Å². The number of hydrogen-bond donors (Lipinski definition) is 2. The number of carboxylic acids is 1. The minimum absolute atomic E-state index is 0.864. The van der Waals surface area contributed by atoms with Gasteiger partial charge in [-0.25, -0.2) is 0 Å². The SMILES string of the molecule is CC(=O)O[Si](OC(C)=O)(OC(C)=O)C(C)C(S)C(=O)O. The summed E-state index contributed by atoms with van der Waals surface area (Å²) in [5, 5.41) is 7.60. The topological polar surface area (TPSA) is 116 Å². The van der Waals surface area contributed by atoms with E-state index in [1.54, 1.807) is 0 Å². The summed E-state index contributed by atoms with van der Waals surface area (Å²) in [6.07, 6.45) is 0. The first-order chi connectivity index (χ1) is 9.01. The van der Waals surface area contributed by atoms with Crippen LogP contribution in [0, 0.1) is 0 Å². The van der Waals surface area contributed by atoms with Gasteiger partial charge < -0.3 is 18.4 Å². The van der Waals surface area contributed by atoms with Gasteiger partial charge in [0.15, 0.2) is 0 Å². The smallest absolute Gasteiger partial charge is 0.480 e. The molecule has 20 heavy (non-hydrogen) atoms. The van der Waals surface area contributed by atoms with Crippen LogP contribution in [0.3, 0.4) is 0 Å². The molecule has 0 radical (unpaired) electrons. The summed E-state index contributed by atoms with van der Waals surface area (Å²) in [7, 11) is -4.22. The Bertz CT molecular complexity index is 383. The van der Waals surface area contributed by atoms with Gasteiger partial charge >= 0.3 is 14.8 Å². The highest BCUT2D eigenvalue weighted by Gasteiger charge is 2.60. The fraction of sp³-hybridized carbons (Fsp3) is 0.600. The number of carbonyl (C=O) groups is 4. The minimum Gasteiger partial charge on any atom is -0.480 e. The molecule has 0 aliphatic rings. The molecule has 0 bridgehead atoms. The molecule has 0 saturated carbocycles. The van der Waals surface area contributed by atoms with Gasteiger partial charge in [0.1, 0.15) is 5.25 Å². The molecule has 0 aromatic carbocycles. The third kappa shape index (κ3) is 5.21. The summed E-state index contributed by atoms with van der Waals surface area (Å²) in [5.74, 6) is -3.92. The fourth-order valence-electron chi connectivity index (χ4n) is 1.35. The van der Waals surface area contributed by atoms with Crippen molar-refractivity contribution in [3.05, 3.63) is 0 Å². The van der Waals surface area contributed by atoms with Crippen molar-refractivity contribution in [3.8, 4) is 0 Å². The van der Waals surface area contributed by atoms with Gasteiger partial charge in [0, 0.05) is 20.8 Å². The van der Waals surface area contributed by atoms with E-state index in [4.69, 9.17) is 18.4 Å². The maximum atomic E-state index is 11.2. The lowest BCUT2D eigenvalue weighted by Gasteiger charge is -2.31. The quantitative estimate of drug-likeness (QED) is 0.532. The molecule has 0 amide bonds. The van der Waals surface area contributed by atoms with Crippen LogP contribution in [0.5, 0.6) is 0 Å². The minimum atomic E-state index is -4.22. The van der Waals surface area contributed by atoms with Crippen LogP contribution in [0.2, 0.25) is 5.54 Å². The second-order valence-corrected chi connectivity index (χ2v) is 7.24. The molecule has 0 aliphatic heterocycles. The summed E-state index contributed by atoms with van der Waals surface area (Å²) in [5.41, 5.74) is -1.11. The Balaban J connectivity index is 5.66. The second-order valence-electron chi connectivity index (χ2n) is 3.96. The van der Waals surface area contributed by atoms with Gasteiger partial charge in [-0.3, -0.25) is 19.2 Å². The molecule has 0 saturated heterocycles. The third-order valence-corrected chi connectivity index (χ3v) is 6.26. The Morgan fingerprint density at radius 2 is 1.25 bits per heavy atom. The van der Waals surface area contributed by atoms with Crippen molar-refractivity contribution >= 4 is 45.3 Å². The van der Waals surface area contributed by atoms with Crippen LogP contribution in [-0.2, 0) is 32.5 Å². The average molecular weight is 324 g/mol. The van der Waals surface area contributed by atoms with E-state index < -0.39 is 43.5 Å². The summed E-state index contributed by atoms with van der Waals surface area (Å²) >= 11 is 3.84. The van der Waals surface area contributed by atoms with Crippen LogP contribution in [0.1, 0.15) is 27.7 Å². The molecular formula is C10H16O8SSi. The van der Waals surface area contributed by atoms with Crippen LogP contribution in [0.15, 0.2) is 0 Å². The van der Waals surface area contributed by atoms with Crippen molar-refractivity contribution < 1.29 is 37.6 Å². The summed E-state index contributed by atoms with van der Waals surface area (Å²) in [4.78, 5) is 44.5. The zero-order valence-corrected chi connectivity index (χ0v) is 13.3. The number of thiol groups is 1. The van der Waals surface area contributed by atoms with E-state index >= 15 is 0 Å². The van der Waals surface area contributed by atoms with E-state index in [0.717, 1.165) is 20.8 Å². The molecule has 0 aromatic rings. The standard InChI is InChI=1S/C10H16O8SSi/c1-5(9(19)10(14)15)20(16-6(2)11,17-7(3)12)18-8(4)13/h5,9,19H,1-4H3,(H,14,15). The number of aliphatic carboxylic acids is 1. The molecule has 0 aromatic heterocycles. The first-order valence-corrected chi connectivity index (χ1v) is 7.83. The molecule has 8 nitrogen and oxygen atoms in total. The first-order valence-electron chi connectivity index (χ1n) is 5.51. The van der Waals surface area contributed by atoms with Gasteiger partial charge in [-0.15, -0.1) is 0 Å². The Morgan fingerprint density at radius 3 is 1.45 bits per heavy atom. The van der Waals surface area contributed by atoms with Gasteiger partial charge in [0.2, 0.25) is 0 Å². The lowest BCUT2D eigenvalue weighted by Crippen LogP contribution is -2.55. The molecule has 1 N–H and O–H groups in total. The van der Waals surface area contributed by atoms with E-state index in [0.29, 0.717) is 0 Å². The van der Waals surface area contributed by atoms with Crippen molar-refractivity contribution in [2.45, 2.75) is 38.5 Å². The Kier molecular flexibility index (Phi) is 6.72. The monoisotopic (exact) mass is 324 g/mol. The van der Waals surface area contributed by atoms with Crippen molar-refractivity contribution in [3.63, 3.8) is 0 Å². The molecule has 2 unspecified atom stereocenters. The summed E-state index contributed by atoms with van der Waals surface area (Å²) in [6, 6.07) is 0. The van der Waals surface area contributed by atoms with Crippen LogP contribution in [0.4, 0.5) is 0 Å². The lowest BCUT2D eigenvalue weighted by molar-refractivity contribution is -0.150. The molecule has 114 valence electrons. The van der Waals surface area contributed by atoms with E-state index in [2.05, 4.69) is 12.6 Å². The van der Waals surface area contributed by atoms with Crippen molar-refractivity contribution in [2.24, 2.45) is 0 Å². The number of carbonyl (C=O) groups excluding carboxylic acids is 3. The largest absolute Gasteiger partial charge is 0.709 e. The predicted molar refractivity (Wildman–Crippen MR) is 70.9 cm³/mol. The first kappa shape index (κ1) is 18.4. The zero-order chi connectivity index (χ0) is 16.1. The fourth-order valence-corrected chi connectivity index (χ4v) is 4.31. The van der Waals surface area contributed by atoms with Crippen molar-refractivity contribution in [1.82, 2.24) is 0 Å². The van der Waals surface area contributed by atoms with Crippen LogP contribution in [0.25, 0.3) is 0 Å². The van der Waals surface area contributed by atoms with E-state index in [1.165, 1.54) is 6.92 Å². The zero-order valence-electron chi connectivity index (χ0n) is 11.4. The molecule has 2 atom stereocenters. The third-order valence-electron chi connectivity index (χ3n) is 2.14. The van der Waals surface area contributed by atoms with E-state index in [1.807, 2.05) is 0 Å². The van der Waals surface area contributed by atoms with Gasteiger partial charge in [-0.05, 0) is 0 Å². The molecule has 0 spiro atoms. The predicted octanol–water partition coefficient (Wildman–Crippen LogP) is 0.388. The Hall–Kier alpha value is -1.55. The summed E-state index contributed by atoms with van der Waals surface area (Å²) < 4.78 is 14.7. The van der Waals surface area contributed by atoms with E-state index in [-0.39, 0.29) is 0 Å². The Labute approximate surface area is 122 Å². The van der Waals surface area contributed by atoms with Gasteiger partial charge in [-0.1, -0.05) is 6.92 Å². The number of carboxylic acid groups (broad SMARTS) is 1. The number of rotatable bonds is 6. The van der Waals surface area contributed by atoms with Crippen molar-refractivity contribution in [2.75, 3.05) is 0 Å². The molecule has 0 heterocycles. The highest BCUT2D eigenvalue weighted by Crippen LogP contribution is 2.32.